The maximum atomic E-state index is 12.0. The lowest BCUT2D eigenvalue weighted by atomic mass is 10.1. The van der Waals surface area contributed by atoms with E-state index in [2.05, 4.69) is 66.7 Å². The molecule has 158 valence electrons. The van der Waals surface area contributed by atoms with Crippen molar-refractivity contribution in [1.82, 2.24) is 9.97 Å². The first-order chi connectivity index (χ1) is 14.5. The van der Waals surface area contributed by atoms with Crippen LogP contribution in [-0.4, -0.2) is 62.6 Å². The number of hydrogen-bond donors (Lipinski definition) is 1. The van der Waals surface area contributed by atoms with Gasteiger partial charge in [0, 0.05) is 50.9 Å². The monoisotopic (exact) mass is 471 g/mol. The normalized spacial score (nSPS) is 16.7. The Hall–Kier alpha value is -2.74. The number of rotatable bonds is 6. The van der Waals surface area contributed by atoms with Gasteiger partial charge in [-0.1, -0.05) is 0 Å². The van der Waals surface area contributed by atoms with Gasteiger partial charge in [-0.05, 0) is 47.1 Å². The van der Waals surface area contributed by atoms with Crippen molar-refractivity contribution >= 4 is 50.4 Å². The van der Waals surface area contributed by atoms with E-state index in [0.717, 1.165) is 64.4 Å². The highest BCUT2D eigenvalue weighted by atomic mass is 79.9. The van der Waals surface area contributed by atoms with Crippen molar-refractivity contribution in [2.24, 2.45) is 0 Å². The van der Waals surface area contributed by atoms with Gasteiger partial charge >= 0.3 is 0 Å². The number of aromatic amines is 1. The van der Waals surface area contributed by atoms with Crippen LogP contribution in [0.3, 0.4) is 0 Å². The zero-order chi connectivity index (χ0) is 21.3. The van der Waals surface area contributed by atoms with Crippen LogP contribution in [0.25, 0.3) is 10.9 Å². The number of ether oxygens (including phenoxy) is 1. The molecule has 1 aromatic carbocycles. The predicted octanol–water partition coefficient (Wildman–Crippen LogP) is 3.68. The Morgan fingerprint density at radius 3 is 2.93 bits per heavy atom. The average Bonchev–Trinajstić information content (AvgIpc) is 3.19. The molecule has 3 aromatic rings. The molecule has 30 heavy (non-hydrogen) atoms. The summed E-state index contributed by atoms with van der Waals surface area (Å²) in [6, 6.07) is 9.85. The lowest BCUT2D eigenvalue weighted by Crippen LogP contribution is -2.54. The Morgan fingerprint density at radius 2 is 2.20 bits per heavy atom. The van der Waals surface area contributed by atoms with Gasteiger partial charge in [0.15, 0.2) is 5.82 Å². The number of H-pyrrole nitrogens is 1. The molecule has 2 aromatic heterocycles. The van der Waals surface area contributed by atoms with Crippen molar-refractivity contribution in [1.29, 1.82) is 0 Å². The maximum absolute atomic E-state index is 12.0. The highest BCUT2D eigenvalue weighted by Gasteiger charge is 2.30. The molecule has 1 saturated heterocycles. The molecule has 7 nitrogen and oxygen atoms in total. The summed E-state index contributed by atoms with van der Waals surface area (Å²) >= 11 is 3.54. The second kappa shape index (κ2) is 8.55. The molecule has 0 aliphatic carbocycles. The Morgan fingerprint density at radius 1 is 1.37 bits per heavy atom. The minimum absolute atomic E-state index is 0.265. The topological polar surface area (TPSA) is 64.7 Å². The van der Waals surface area contributed by atoms with Crippen molar-refractivity contribution in [3.8, 4) is 5.75 Å². The van der Waals surface area contributed by atoms with Crippen LogP contribution in [0.1, 0.15) is 6.92 Å². The smallest absolute Gasteiger partial charge is 0.152 e. The number of anilines is 3. The summed E-state index contributed by atoms with van der Waals surface area (Å²) in [6.45, 7) is 5.11. The third kappa shape index (κ3) is 3.71. The van der Waals surface area contributed by atoms with Gasteiger partial charge in [0.05, 0.1) is 22.8 Å². The van der Waals surface area contributed by atoms with E-state index in [1.807, 2.05) is 24.4 Å². The van der Waals surface area contributed by atoms with Crippen LogP contribution in [0, 0.1) is 0 Å². The van der Waals surface area contributed by atoms with Crippen LogP contribution >= 0.6 is 15.9 Å². The molecule has 0 amide bonds. The molecule has 1 aliphatic rings. The molecule has 0 radical (unpaired) electrons. The summed E-state index contributed by atoms with van der Waals surface area (Å²) in [5.41, 5.74) is 2.06. The van der Waals surface area contributed by atoms with Gasteiger partial charge in [-0.15, -0.1) is 0 Å². The molecular formula is C22H26BrN5O2. The van der Waals surface area contributed by atoms with Gasteiger partial charge < -0.3 is 29.2 Å². The number of methoxy groups -OCH3 is 1. The SMILES string of the molecule is CCN(C)c1cccnc1N1CCN(c2cc3cc(Br)c(OC)cc3[nH]2)C(C=O)C1. The summed E-state index contributed by atoms with van der Waals surface area (Å²) in [7, 11) is 3.71. The number of halogens is 1. The van der Waals surface area contributed by atoms with Crippen LogP contribution in [0.5, 0.6) is 5.75 Å². The standard InChI is InChI=1S/C22H26BrN5O2/c1-4-26(2)19-6-5-7-24-22(19)27-8-9-28(16(13-27)14-29)21-11-15-10-17(23)20(30-3)12-18(15)25-21/h5-7,10-12,14,16,25H,4,8-9,13H2,1-3H3. The van der Waals surface area contributed by atoms with Crippen molar-refractivity contribution in [2.75, 3.05) is 55.0 Å². The lowest BCUT2D eigenvalue weighted by molar-refractivity contribution is -0.109. The quantitative estimate of drug-likeness (QED) is 0.553. The first-order valence-electron chi connectivity index (χ1n) is 10.0. The van der Waals surface area contributed by atoms with Gasteiger partial charge in [0.25, 0.3) is 0 Å². The summed E-state index contributed by atoms with van der Waals surface area (Å²) in [4.78, 5) is 26.6. The molecule has 4 rings (SSSR count). The number of piperazine rings is 1. The molecule has 8 heteroatoms. The van der Waals surface area contributed by atoms with Crippen molar-refractivity contribution in [3.63, 3.8) is 0 Å². The van der Waals surface area contributed by atoms with E-state index in [9.17, 15) is 4.79 Å². The number of pyridine rings is 1. The van der Waals surface area contributed by atoms with Crippen molar-refractivity contribution < 1.29 is 9.53 Å². The number of aldehydes is 1. The molecule has 1 unspecified atom stereocenters. The van der Waals surface area contributed by atoms with Crippen LogP contribution in [0.4, 0.5) is 17.3 Å². The minimum Gasteiger partial charge on any atom is -0.495 e. The Balaban J connectivity index is 1.61. The van der Waals surface area contributed by atoms with E-state index in [1.165, 1.54) is 0 Å². The van der Waals surface area contributed by atoms with Crippen molar-refractivity contribution in [3.05, 3.63) is 41.0 Å². The number of aromatic nitrogens is 2. The number of hydrogen-bond acceptors (Lipinski definition) is 6. The molecular weight excluding hydrogens is 446 g/mol. The second-order valence-corrected chi connectivity index (χ2v) is 8.29. The van der Waals surface area contributed by atoms with Gasteiger partial charge in [-0.3, -0.25) is 0 Å². The van der Waals surface area contributed by atoms with Gasteiger partial charge in [-0.2, -0.15) is 0 Å². The number of nitrogens with one attached hydrogen (secondary N) is 1. The minimum atomic E-state index is -0.265. The zero-order valence-electron chi connectivity index (χ0n) is 17.4. The van der Waals surface area contributed by atoms with E-state index >= 15 is 0 Å². The van der Waals surface area contributed by atoms with Crippen LogP contribution in [0.2, 0.25) is 0 Å². The predicted molar refractivity (Wildman–Crippen MR) is 125 cm³/mol. The highest BCUT2D eigenvalue weighted by molar-refractivity contribution is 9.10. The Kier molecular flexibility index (Phi) is 5.85. The van der Waals surface area contributed by atoms with E-state index in [-0.39, 0.29) is 6.04 Å². The first-order valence-corrected chi connectivity index (χ1v) is 10.8. The molecule has 0 bridgehead atoms. The van der Waals surface area contributed by atoms with Gasteiger partial charge in [-0.25, -0.2) is 4.98 Å². The Labute approximate surface area is 184 Å². The molecule has 1 aliphatic heterocycles. The largest absolute Gasteiger partial charge is 0.495 e. The molecule has 0 spiro atoms. The molecule has 3 heterocycles. The fraction of sp³-hybridized carbons (Fsp3) is 0.364. The molecule has 1 fully saturated rings. The maximum Gasteiger partial charge on any atom is 0.152 e. The number of fused-ring (bicyclic) bond motifs is 1. The second-order valence-electron chi connectivity index (χ2n) is 7.43. The molecule has 1 N–H and O–H groups in total. The van der Waals surface area contributed by atoms with E-state index in [4.69, 9.17) is 4.74 Å². The highest BCUT2D eigenvalue weighted by Crippen LogP contribution is 2.34. The van der Waals surface area contributed by atoms with Gasteiger partial charge in [0.1, 0.15) is 23.9 Å². The lowest BCUT2D eigenvalue weighted by Gasteiger charge is -2.41. The number of nitrogens with zero attached hydrogens (tertiary/aromatic N) is 4. The van der Waals surface area contributed by atoms with Crippen LogP contribution in [-0.2, 0) is 4.79 Å². The van der Waals surface area contributed by atoms with E-state index < -0.39 is 0 Å². The van der Waals surface area contributed by atoms with E-state index in [0.29, 0.717) is 6.54 Å². The van der Waals surface area contributed by atoms with Crippen molar-refractivity contribution in [2.45, 2.75) is 13.0 Å². The summed E-state index contributed by atoms with van der Waals surface area (Å²) in [6.07, 6.45) is 2.84. The van der Waals surface area contributed by atoms with E-state index in [1.54, 1.807) is 7.11 Å². The summed E-state index contributed by atoms with van der Waals surface area (Å²) in [5.74, 6) is 2.64. The summed E-state index contributed by atoms with van der Waals surface area (Å²) < 4.78 is 6.30. The van der Waals surface area contributed by atoms with Crippen LogP contribution in [0.15, 0.2) is 41.0 Å². The number of benzene rings is 1. The third-order valence-electron chi connectivity index (χ3n) is 5.72. The third-order valence-corrected chi connectivity index (χ3v) is 6.33. The van der Waals surface area contributed by atoms with Crippen LogP contribution < -0.4 is 19.4 Å². The fourth-order valence-corrected chi connectivity index (χ4v) is 4.47. The first kappa shape index (κ1) is 20.5. The fourth-order valence-electron chi connectivity index (χ4n) is 3.95. The summed E-state index contributed by atoms with van der Waals surface area (Å²) in [5, 5.41) is 1.07. The van der Waals surface area contributed by atoms with Gasteiger partial charge in [0.2, 0.25) is 0 Å². The molecule has 0 saturated carbocycles. The molecule has 1 atom stereocenters. The zero-order valence-corrected chi connectivity index (χ0v) is 19.0. The Bertz CT molecular complexity index is 1050. The number of carbonyl (C=O) groups excluding carboxylic acids is 1. The average molecular weight is 472 g/mol. The number of carbonyl (C=O) groups is 1.